The van der Waals surface area contributed by atoms with Gasteiger partial charge in [-0.3, -0.25) is 25.2 Å². The Hall–Kier alpha value is -2.77. The summed E-state index contributed by atoms with van der Waals surface area (Å²) in [6.45, 7) is 5.21. The molecule has 0 atom stereocenters. The molecule has 0 unspecified atom stereocenters. The molecule has 0 bridgehead atoms. The number of fused-ring (bicyclic) bond motifs is 1. The van der Waals surface area contributed by atoms with Crippen LogP contribution in [0.15, 0.2) is 24.4 Å². The van der Waals surface area contributed by atoms with Crippen molar-refractivity contribution < 1.29 is 9.85 Å². The molecule has 0 radical (unpaired) electrons. The molecule has 0 spiro atoms. The highest BCUT2D eigenvalue weighted by atomic mass is 16.6. The maximum absolute atomic E-state index is 11.5. The number of hydrogen-bond acceptors (Lipinski definition) is 6. The summed E-state index contributed by atoms with van der Waals surface area (Å²) in [6, 6.07) is 4.20. The summed E-state index contributed by atoms with van der Waals surface area (Å²) < 4.78 is 0. The van der Waals surface area contributed by atoms with Gasteiger partial charge in [-0.05, 0) is 25.0 Å². The molecule has 0 saturated heterocycles. The summed E-state index contributed by atoms with van der Waals surface area (Å²) in [5.41, 5.74) is 0.0940. The first kappa shape index (κ1) is 16.6. The third-order valence-electron chi connectivity index (χ3n) is 3.52. The quantitative estimate of drug-likeness (QED) is 0.570. The molecule has 0 amide bonds. The Morgan fingerprint density at radius 2 is 1.70 bits per heavy atom. The number of non-ortho nitro benzene ring substituents is 1. The number of nitrogens with zero attached hydrogens (tertiary/aromatic N) is 4. The molecule has 0 aliphatic rings. The van der Waals surface area contributed by atoms with Crippen molar-refractivity contribution in [2.45, 2.75) is 26.7 Å². The molecular weight excluding hydrogens is 300 g/mol. The Bertz CT molecular complexity index is 742. The number of aromatic nitrogens is 1. The molecule has 1 heterocycles. The van der Waals surface area contributed by atoms with Crippen molar-refractivity contribution in [1.82, 2.24) is 4.98 Å². The minimum Gasteiger partial charge on any atom is -0.364 e. The van der Waals surface area contributed by atoms with E-state index in [2.05, 4.69) is 4.98 Å². The number of pyridine rings is 1. The lowest BCUT2D eigenvalue weighted by molar-refractivity contribution is -0.392. The van der Waals surface area contributed by atoms with Crippen molar-refractivity contribution in [1.29, 1.82) is 0 Å². The fourth-order valence-corrected chi connectivity index (χ4v) is 2.67. The summed E-state index contributed by atoms with van der Waals surface area (Å²) in [4.78, 5) is 27.7. The van der Waals surface area contributed by atoms with Crippen molar-refractivity contribution in [3.63, 3.8) is 0 Å². The second-order valence-electron chi connectivity index (χ2n) is 5.16. The van der Waals surface area contributed by atoms with Crippen LogP contribution in [0.25, 0.3) is 10.9 Å². The van der Waals surface area contributed by atoms with Gasteiger partial charge >= 0.3 is 5.69 Å². The SMILES string of the molecule is CCCN(CCC)c1c([N+](=O)[O-])cc([N+](=O)[O-])c2cccnc12. The molecule has 8 nitrogen and oxygen atoms in total. The van der Waals surface area contributed by atoms with Crippen molar-refractivity contribution in [2.24, 2.45) is 0 Å². The molecule has 1 aromatic carbocycles. The molecule has 0 aliphatic heterocycles. The zero-order valence-electron chi connectivity index (χ0n) is 13.1. The standard InChI is InChI=1S/C15H18N4O4/c1-3-8-17(9-4-2)15-13(19(22)23)10-12(18(20)21)11-6-5-7-16-14(11)15/h5-7,10H,3-4,8-9H2,1-2H3. The molecular formula is C15H18N4O4. The van der Waals surface area contributed by atoms with Crippen LogP contribution in [0.4, 0.5) is 17.1 Å². The van der Waals surface area contributed by atoms with Gasteiger partial charge in [0.25, 0.3) is 5.69 Å². The summed E-state index contributed by atoms with van der Waals surface area (Å²) in [5, 5.41) is 23.1. The highest BCUT2D eigenvalue weighted by Gasteiger charge is 2.29. The normalized spacial score (nSPS) is 10.7. The molecule has 0 saturated carbocycles. The maximum Gasteiger partial charge on any atom is 0.301 e. The van der Waals surface area contributed by atoms with E-state index in [0.29, 0.717) is 29.7 Å². The number of benzene rings is 1. The fourth-order valence-electron chi connectivity index (χ4n) is 2.67. The Kier molecular flexibility index (Phi) is 5.05. The van der Waals surface area contributed by atoms with E-state index in [1.807, 2.05) is 18.7 Å². The number of nitro benzene ring substituents is 2. The predicted molar refractivity (Wildman–Crippen MR) is 87.8 cm³/mol. The van der Waals surface area contributed by atoms with Crippen LogP contribution in [-0.2, 0) is 0 Å². The van der Waals surface area contributed by atoms with E-state index in [1.54, 1.807) is 12.1 Å². The highest BCUT2D eigenvalue weighted by Crippen LogP contribution is 2.40. The first-order valence-electron chi connectivity index (χ1n) is 7.46. The van der Waals surface area contributed by atoms with Gasteiger partial charge in [-0.25, -0.2) is 0 Å². The van der Waals surface area contributed by atoms with Crippen LogP contribution in [0.1, 0.15) is 26.7 Å². The van der Waals surface area contributed by atoms with E-state index < -0.39 is 9.85 Å². The second kappa shape index (κ2) is 6.99. The molecule has 8 heteroatoms. The summed E-state index contributed by atoms with van der Waals surface area (Å²) >= 11 is 0. The van der Waals surface area contributed by atoms with E-state index in [1.165, 1.54) is 6.20 Å². The van der Waals surface area contributed by atoms with Gasteiger partial charge < -0.3 is 4.90 Å². The third-order valence-corrected chi connectivity index (χ3v) is 3.52. The predicted octanol–water partition coefficient (Wildman–Crippen LogP) is 3.68. The molecule has 122 valence electrons. The smallest absolute Gasteiger partial charge is 0.301 e. The largest absolute Gasteiger partial charge is 0.364 e. The van der Waals surface area contributed by atoms with E-state index in [4.69, 9.17) is 0 Å². The molecule has 23 heavy (non-hydrogen) atoms. The number of nitro groups is 2. The van der Waals surface area contributed by atoms with Crippen LogP contribution in [0.3, 0.4) is 0 Å². The van der Waals surface area contributed by atoms with Crippen LogP contribution >= 0.6 is 0 Å². The zero-order valence-corrected chi connectivity index (χ0v) is 13.1. The Morgan fingerprint density at radius 3 is 2.22 bits per heavy atom. The summed E-state index contributed by atoms with van der Waals surface area (Å²) in [6.07, 6.45) is 3.11. The van der Waals surface area contributed by atoms with Crippen molar-refractivity contribution in [2.75, 3.05) is 18.0 Å². The lowest BCUT2D eigenvalue weighted by Gasteiger charge is -2.24. The Labute approximate surface area is 133 Å². The number of rotatable bonds is 7. The number of hydrogen-bond donors (Lipinski definition) is 0. The van der Waals surface area contributed by atoms with Crippen LogP contribution in [0.5, 0.6) is 0 Å². The van der Waals surface area contributed by atoms with Crippen molar-refractivity contribution in [3.8, 4) is 0 Å². The molecule has 0 N–H and O–H groups in total. The van der Waals surface area contributed by atoms with Gasteiger partial charge in [-0.15, -0.1) is 0 Å². The van der Waals surface area contributed by atoms with Crippen molar-refractivity contribution in [3.05, 3.63) is 44.6 Å². The van der Waals surface area contributed by atoms with Crippen LogP contribution in [-0.4, -0.2) is 27.9 Å². The molecule has 2 rings (SSSR count). The van der Waals surface area contributed by atoms with Crippen LogP contribution in [0, 0.1) is 20.2 Å². The van der Waals surface area contributed by atoms with Gasteiger partial charge in [0.05, 0.1) is 21.3 Å². The third kappa shape index (κ3) is 3.20. The average Bonchev–Trinajstić information content (AvgIpc) is 2.52. The van der Waals surface area contributed by atoms with Gasteiger partial charge in [-0.1, -0.05) is 13.8 Å². The van der Waals surface area contributed by atoms with Gasteiger partial charge in [0.1, 0.15) is 11.2 Å². The zero-order chi connectivity index (χ0) is 17.0. The lowest BCUT2D eigenvalue weighted by Crippen LogP contribution is -2.26. The lowest BCUT2D eigenvalue weighted by atomic mass is 10.1. The van der Waals surface area contributed by atoms with Crippen molar-refractivity contribution >= 4 is 28.0 Å². The molecule has 2 aromatic rings. The summed E-state index contributed by atoms with van der Waals surface area (Å²) in [7, 11) is 0. The second-order valence-corrected chi connectivity index (χ2v) is 5.16. The van der Waals surface area contributed by atoms with Crippen LogP contribution < -0.4 is 4.90 Å². The monoisotopic (exact) mass is 318 g/mol. The Morgan fingerprint density at radius 1 is 1.09 bits per heavy atom. The Balaban J connectivity index is 2.84. The molecule has 0 aliphatic carbocycles. The summed E-state index contributed by atoms with van der Waals surface area (Å²) in [5.74, 6) is 0. The van der Waals surface area contributed by atoms with E-state index in [-0.39, 0.29) is 11.4 Å². The molecule has 0 fully saturated rings. The maximum atomic E-state index is 11.5. The highest BCUT2D eigenvalue weighted by molar-refractivity contribution is 6.01. The topological polar surface area (TPSA) is 102 Å². The van der Waals surface area contributed by atoms with Gasteiger partial charge in [0, 0.05) is 19.3 Å². The van der Waals surface area contributed by atoms with Gasteiger partial charge in [-0.2, -0.15) is 0 Å². The average molecular weight is 318 g/mol. The van der Waals surface area contributed by atoms with E-state index in [0.717, 1.165) is 18.9 Å². The first-order valence-corrected chi connectivity index (χ1v) is 7.46. The molecule has 1 aromatic heterocycles. The van der Waals surface area contributed by atoms with Gasteiger partial charge in [0.15, 0.2) is 0 Å². The van der Waals surface area contributed by atoms with Gasteiger partial charge in [0.2, 0.25) is 0 Å². The van der Waals surface area contributed by atoms with Crippen LogP contribution in [0.2, 0.25) is 0 Å². The number of anilines is 1. The fraction of sp³-hybridized carbons (Fsp3) is 0.400. The minimum absolute atomic E-state index is 0.273. The first-order chi connectivity index (χ1) is 11.0. The minimum atomic E-state index is -0.606. The van der Waals surface area contributed by atoms with E-state index in [9.17, 15) is 20.2 Å². The van der Waals surface area contributed by atoms with E-state index >= 15 is 0 Å².